The molecule has 0 radical (unpaired) electrons. The van der Waals surface area contributed by atoms with Gasteiger partial charge in [-0.25, -0.2) is 0 Å². The van der Waals surface area contributed by atoms with Crippen molar-refractivity contribution < 1.29 is 0 Å². The van der Waals surface area contributed by atoms with Crippen LogP contribution in [0.3, 0.4) is 0 Å². The number of hydrogen-bond acceptors (Lipinski definition) is 3. The van der Waals surface area contributed by atoms with Crippen LogP contribution in [0.15, 0.2) is 0 Å². The zero-order valence-corrected chi connectivity index (χ0v) is 19.3. The van der Waals surface area contributed by atoms with Gasteiger partial charge < -0.3 is 17.2 Å². The molecule has 0 aromatic carbocycles. The Labute approximate surface area is 178 Å². The lowest BCUT2D eigenvalue weighted by molar-refractivity contribution is 0.365. The summed E-state index contributed by atoms with van der Waals surface area (Å²) in [5, 5.41) is 0. The van der Waals surface area contributed by atoms with Gasteiger partial charge in [0.05, 0.1) is 0 Å². The van der Waals surface area contributed by atoms with E-state index in [1.807, 2.05) is 0 Å². The molecule has 0 aliphatic heterocycles. The summed E-state index contributed by atoms with van der Waals surface area (Å²) in [6.45, 7) is 2.58. The first-order valence-corrected chi connectivity index (χ1v) is 12.9. The van der Waals surface area contributed by atoms with Crippen LogP contribution in [0.4, 0.5) is 0 Å². The van der Waals surface area contributed by atoms with Crippen LogP contribution in [-0.2, 0) is 0 Å². The van der Waals surface area contributed by atoms with E-state index in [1.165, 1.54) is 135 Å². The Morgan fingerprint density at radius 1 is 0.286 bits per heavy atom. The van der Waals surface area contributed by atoms with Gasteiger partial charge in [-0.05, 0) is 44.8 Å². The Hall–Kier alpha value is -0.120. The molecule has 0 aromatic heterocycles. The highest BCUT2D eigenvalue weighted by Gasteiger charge is 2.08. The van der Waals surface area contributed by atoms with E-state index < -0.39 is 0 Å². The van der Waals surface area contributed by atoms with Crippen molar-refractivity contribution in [3.8, 4) is 0 Å². The van der Waals surface area contributed by atoms with E-state index in [9.17, 15) is 0 Å². The van der Waals surface area contributed by atoms with E-state index in [-0.39, 0.29) is 0 Å². The Morgan fingerprint density at radius 2 is 0.500 bits per heavy atom. The first kappa shape index (κ1) is 27.9. The SMILES string of the molecule is NCCCCCCCCC(CCCCCCCCN)CCCCCCCCN. The molecule has 0 aliphatic rings. The smallest absolute Gasteiger partial charge is 0.00773 e. The Kier molecular flexibility index (Phi) is 24.8. The first-order chi connectivity index (χ1) is 13.8. The van der Waals surface area contributed by atoms with Crippen LogP contribution >= 0.6 is 0 Å². The van der Waals surface area contributed by atoms with E-state index in [1.54, 1.807) is 0 Å². The van der Waals surface area contributed by atoms with Crippen LogP contribution < -0.4 is 17.2 Å². The van der Waals surface area contributed by atoms with Crippen LogP contribution in [0.1, 0.15) is 135 Å². The summed E-state index contributed by atoms with van der Waals surface area (Å²) in [7, 11) is 0. The predicted octanol–water partition coefficient (Wildman–Crippen LogP) is 6.67. The maximum atomic E-state index is 5.58. The molecule has 0 atom stereocenters. The molecule has 0 saturated carbocycles. The summed E-state index contributed by atoms with van der Waals surface area (Å²) in [6.07, 6.45) is 29.0. The molecule has 0 fully saturated rings. The monoisotopic (exact) mass is 397 g/mol. The number of hydrogen-bond donors (Lipinski definition) is 3. The molecule has 3 nitrogen and oxygen atoms in total. The zero-order valence-electron chi connectivity index (χ0n) is 19.3. The van der Waals surface area contributed by atoms with Crippen molar-refractivity contribution in [1.29, 1.82) is 0 Å². The summed E-state index contributed by atoms with van der Waals surface area (Å²) >= 11 is 0. The minimum atomic E-state index is 0.862. The maximum absolute atomic E-state index is 5.58. The standard InChI is InChI=1S/C25H55N3/c26-22-16-10-4-1-7-13-19-25(20-14-8-2-5-11-17-23-27)21-15-9-3-6-12-18-24-28/h25H,1-24,26-28H2. The highest BCUT2D eigenvalue weighted by Crippen LogP contribution is 2.24. The summed E-state index contributed by atoms with van der Waals surface area (Å²) < 4.78 is 0. The fraction of sp³-hybridized carbons (Fsp3) is 1.00. The quantitative estimate of drug-likeness (QED) is 0.159. The van der Waals surface area contributed by atoms with Gasteiger partial charge >= 0.3 is 0 Å². The van der Waals surface area contributed by atoms with E-state index >= 15 is 0 Å². The molecule has 0 spiro atoms. The molecule has 3 heteroatoms. The van der Waals surface area contributed by atoms with Crippen molar-refractivity contribution in [2.45, 2.75) is 135 Å². The van der Waals surface area contributed by atoms with Gasteiger partial charge in [-0.3, -0.25) is 0 Å². The van der Waals surface area contributed by atoms with Gasteiger partial charge in [0.15, 0.2) is 0 Å². The molecular formula is C25H55N3. The molecule has 0 heterocycles. The molecule has 6 N–H and O–H groups in total. The van der Waals surface area contributed by atoms with Gasteiger partial charge in [-0.15, -0.1) is 0 Å². The lowest BCUT2D eigenvalue weighted by Crippen LogP contribution is -2.02. The molecule has 0 amide bonds. The summed E-state index contributed by atoms with van der Waals surface area (Å²) in [5.74, 6) is 0.983. The Balaban J connectivity index is 3.80. The van der Waals surface area contributed by atoms with Crippen LogP contribution in [0.25, 0.3) is 0 Å². The molecule has 0 rings (SSSR count). The minimum absolute atomic E-state index is 0.862. The van der Waals surface area contributed by atoms with E-state index in [4.69, 9.17) is 17.2 Å². The Morgan fingerprint density at radius 3 is 0.750 bits per heavy atom. The second-order valence-corrected chi connectivity index (χ2v) is 8.96. The summed E-state index contributed by atoms with van der Waals surface area (Å²) in [5.41, 5.74) is 16.7. The van der Waals surface area contributed by atoms with E-state index in [0.29, 0.717) is 0 Å². The lowest BCUT2D eigenvalue weighted by atomic mass is 9.89. The van der Waals surface area contributed by atoms with Crippen molar-refractivity contribution in [1.82, 2.24) is 0 Å². The van der Waals surface area contributed by atoms with Gasteiger partial charge in [0.25, 0.3) is 0 Å². The second kappa shape index (κ2) is 24.9. The highest BCUT2D eigenvalue weighted by atomic mass is 14.5. The van der Waals surface area contributed by atoms with Gasteiger partial charge in [0.2, 0.25) is 0 Å². The Bertz CT molecular complexity index is 228. The predicted molar refractivity (Wildman–Crippen MR) is 128 cm³/mol. The van der Waals surface area contributed by atoms with Gasteiger partial charge in [0, 0.05) is 0 Å². The number of unbranched alkanes of at least 4 members (excludes halogenated alkanes) is 15. The summed E-state index contributed by atoms with van der Waals surface area (Å²) in [6, 6.07) is 0. The average molecular weight is 398 g/mol. The third-order valence-corrected chi connectivity index (χ3v) is 6.20. The molecular weight excluding hydrogens is 342 g/mol. The molecule has 0 aliphatic carbocycles. The second-order valence-electron chi connectivity index (χ2n) is 8.96. The normalized spacial score (nSPS) is 11.6. The third kappa shape index (κ3) is 22.2. The van der Waals surface area contributed by atoms with Crippen molar-refractivity contribution in [2.75, 3.05) is 19.6 Å². The highest BCUT2D eigenvalue weighted by molar-refractivity contribution is 4.62. The van der Waals surface area contributed by atoms with Crippen molar-refractivity contribution in [3.63, 3.8) is 0 Å². The number of nitrogens with two attached hydrogens (primary N) is 3. The molecule has 28 heavy (non-hydrogen) atoms. The van der Waals surface area contributed by atoms with Gasteiger partial charge in [-0.2, -0.15) is 0 Å². The van der Waals surface area contributed by atoms with Gasteiger partial charge in [-0.1, -0.05) is 116 Å². The van der Waals surface area contributed by atoms with Crippen LogP contribution in [-0.4, -0.2) is 19.6 Å². The lowest BCUT2D eigenvalue weighted by Gasteiger charge is -2.17. The van der Waals surface area contributed by atoms with E-state index in [2.05, 4.69) is 0 Å². The molecule has 0 unspecified atom stereocenters. The fourth-order valence-electron chi connectivity index (χ4n) is 4.29. The van der Waals surface area contributed by atoms with Crippen LogP contribution in [0.2, 0.25) is 0 Å². The van der Waals surface area contributed by atoms with Crippen molar-refractivity contribution in [3.05, 3.63) is 0 Å². The van der Waals surface area contributed by atoms with Crippen LogP contribution in [0, 0.1) is 5.92 Å². The zero-order chi connectivity index (χ0) is 20.5. The number of rotatable bonds is 24. The molecule has 0 bridgehead atoms. The fourth-order valence-corrected chi connectivity index (χ4v) is 4.29. The van der Waals surface area contributed by atoms with Gasteiger partial charge in [0.1, 0.15) is 0 Å². The van der Waals surface area contributed by atoms with Crippen LogP contribution in [0.5, 0.6) is 0 Å². The van der Waals surface area contributed by atoms with Crippen molar-refractivity contribution >= 4 is 0 Å². The molecule has 0 aromatic rings. The first-order valence-electron chi connectivity index (χ1n) is 12.9. The average Bonchev–Trinajstić information content (AvgIpc) is 2.71. The van der Waals surface area contributed by atoms with E-state index in [0.717, 1.165) is 25.6 Å². The summed E-state index contributed by atoms with van der Waals surface area (Å²) in [4.78, 5) is 0. The maximum Gasteiger partial charge on any atom is -0.00773 e. The largest absolute Gasteiger partial charge is 0.330 e. The molecule has 170 valence electrons. The molecule has 0 saturated heterocycles. The topological polar surface area (TPSA) is 78.1 Å². The third-order valence-electron chi connectivity index (χ3n) is 6.20. The minimum Gasteiger partial charge on any atom is -0.330 e. The van der Waals surface area contributed by atoms with Crippen molar-refractivity contribution in [2.24, 2.45) is 23.1 Å².